The predicted octanol–water partition coefficient (Wildman–Crippen LogP) is 5.80. The van der Waals surface area contributed by atoms with Crippen molar-refractivity contribution in [3.63, 3.8) is 0 Å². The molecule has 0 radical (unpaired) electrons. The van der Waals surface area contributed by atoms with Crippen LogP contribution in [0.4, 0.5) is 0 Å². The maximum Gasteiger partial charge on any atom is 0.305 e. The van der Waals surface area contributed by atoms with E-state index in [9.17, 15) is 4.79 Å². The fourth-order valence-corrected chi connectivity index (χ4v) is 4.76. The lowest BCUT2D eigenvalue weighted by atomic mass is 10.1. The molecular formula is C17H33O4PS2. The number of rotatable bonds is 14. The Kier molecular flexibility index (Phi) is 12.7. The standard InChI is InChI=1S/C17H33O4PS2/c1-2-3-4-5-6-7-8-9-10-11-12-13-17(18)19-14-16-15-20-22(23,24)21-16/h16H,2-15H2,1H3,(H,23,24)/t16-/m0/s1. The van der Waals surface area contributed by atoms with Gasteiger partial charge in [-0.15, -0.1) is 0 Å². The van der Waals surface area contributed by atoms with Crippen molar-refractivity contribution in [2.45, 2.75) is 90.1 Å². The van der Waals surface area contributed by atoms with Gasteiger partial charge in [0.05, 0.1) is 6.61 Å². The van der Waals surface area contributed by atoms with Crippen LogP contribution in [0.15, 0.2) is 0 Å². The smallest absolute Gasteiger partial charge is 0.305 e. The Labute approximate surface area is 157 Å². The highest BCUT2D eigenvalue weighted by Gasteiger charge is 2.30. The molecule has 0 N–H and O–H groups in total. The first-order valence-electron chi connectivity index (χ1n) is 9.35. The summed E-state index contributed by atoms with van der Waals surface area (Å²) in [4.78, 5) is 11.7. The molecule has 0 aromatic heterocycles. The van der Waals surface area contributed by atoms with Gasteiger partial charge in [-0.25, -0.2) is 0 Å². The average Bonchev–Trinajstić information content (AvgIpc) is 2.90. The molecule has 0 bridgehead atoms. The maximum atomic E-state index is 11.7. The maximum absolute atomic E-state index is 11.7. The van der Waals surface area contributed by atoms with Crippen LogP contribution < -0.4 is 0 Å². The van der Waals surface area contributed by atoms with E-state index in [1.165, 1.54) is 57.8 Å². The van der Waals surface area contributed by atoms with Gasteiger partial charge in [-0.2, -0.15) is 0 Å². The minimum atomic E-state index is -2.37. The molecule has 1 aliphatic rings. The van der Waals surface area contributed by atoms with Crippen molar-refractivity contribution >= 4 is 35.7 Å². The van der Waals surface area contributed by atoms with E-state index in [0.717, 1.165) is 12.8 Å². The van der Waals surface area contributed by atoms with Crippen molar-refractivity contribution in [1.82, 2.24) is 0 Å². The number of unbranched alkanes of at least 4 members (excludes halogenated alkanes) is 10. The van der Waals surface area contributed by atoms with Crippen molar-refractivity contribution in [2.24, 2.45) is 0 Å². The second-order valence-electron chi connectivity index (χ2n) is 6.46. The van der Waals surface area contributed by atoms with Gasteiger partial charge in [-0.05, 0) is 18.2 Å². The third-order valence-electron chi connectivity index (χ3n) is 4.12. The summed E-state index contributed by atoms with van der Waals surface area (Å²) in [5.41, 5.74) is -2.37. The normalized spacial score (nSPS) is 23.5. The van der Waals surface area contributed by atoms with E-state index in [1.807, 2.05) is 0 Å². The fraction of sp³-hybridized carbons (Fsp3) is 0.941. The molecule has 0 amide bonds. The topological polar surface area (TPSA) is 44.8 Å². The molecular weight excluding hydrogens is 363 g/mol. The van der Waals surface area contributed by atoms with Crippen LogP contribution in [0.3, 0.4) is 0 Å². The molecule has 1 saturated heterocycles. The molecule has 1 rings (SSSR count). The highest BCUT2D eigenvalue weighted by molar-refractivity contribution is 8.60. The molecule has 0 aliphatic carbocycles. The van der Waals surface area contributed by atoms with Crippen LogP contribution in [0.1, 0.15) is 84.0 Å². The Bertz CT molecular complexity index is 393. The number of carbonyl (C=O) groups is 1. The Morgan fingerprint density at radius 1 is 1.08 bits per heavy atom. The Hall–Kier alpha value is 0.390. The van der Waals surface area contributed by atoms with Gasteiger partial charge in [0.15, 0.2) is 0 Å². The van der Waals surface area contributed by atoms with E-state index in [1.54, 1.807) is 0 Å². The van der Waals surface area contributed by atoms with Gasteiger partial charge in [-0.1, -0.05) is 83.4 Å². The van der Waals surface area contributed by atoms with Crippen molar-refractivity contribution in [1.29, 1.82) is 0 Å². The molecule has 7 heteroatoms. The van der Waals surface area contributed by atoms with Gasteiger partial charge in [-0.3, -0.25) is 4.79 Å². The summed E-state index contributed by atoms with van der Waals surface area (Å²) >= 11 is 9.13. The fourth-order valence-electron chi connectivity index (χ4n) is 2.70. The van der Waals surface area contributed by atoms with Gasteiger partial charge in [0.25, 0.3) is 0 Å². The Morgan fingerprint density at radius 2 is 1.62 bits per heavy atom. The lowest BCUT2D eigenvalue weighted by molar-refractivity contribution is -0.145. The lowest BCUT2D eigenvalue weighted by Crippen LogP contribution is -2.20. The van der Waals surface area contributed by atoms with Crippen molar-refractivity contribution in [3.8, 4) is 0 Å². The molecule has 142 valence electrons. The molecule has 24 heavy (non-hydrogen) atoms. The van der Waals surface area contributed by atoms with Crippen LogP contribution in [0.2, 0.25) is 0 Å². The van der Waals surface area contributed by atoms with Crippen LogP contribution in [-0.2, 0) is 30.4 Å². The zero-order valence-corrected chi connectivity index (χ0v) is 17.5. The molecule has 1 heterocycles. The number of hydrogen-bond acceptors (Lipinski definition) is 5. The van der Waals surface area contributed by atoms with Gasteiger partial charge >= 0.3 is 5.97 Å². The van der Waals surface area contributed by atoms with E-state index in [-0.39, 0.29) is 18.7 Å². The van der Waals surface area contributed by atoms with Crippen LogP contribution in [-0.4, -0.2) is 25.3 Å². The number of hydrogen-bond donors (Lipinski definition) is 1. The molecule has 0 saturated carbocycles. The third kappa shape index (κ3) is 11.9. The van der Waals surface area contributed by atoms with Gasteiger partial charge < -0.3 is 13.8 Å². The van der Waals surface area contributed by atoms with E-state index in [2.05, 4.69) is 19.2 Å². The quantitative estimate of drug-likeness (QED) is 0.174. The number of thiol groups is 1. The number of ether oxygens (including phenoxy) is 1. The van der Waals surface area contributed by atoms with E-state index in [0.29, 0.717) is 13.0 Å². The van der Waals surface area contributed by atoms with E-state index in [4.69, 9.17) is 25.6 Å². The SMILES string of the molecule is CCCCCCCCCCCCCC(=O)OC[C@H]1COP(=S)(S)O1. The van der Waals surface area contributed by atoms with Crippen molar-refractivity contribution in [3.05, 3.63) is 0 Å². The third-order valence-corrected chi connectivity index (χ3v) is 6.36. The molecule has 1 aliphatic heterocycles. The first-order valence-corrected chi connectivity index (χ1v) is 13.1. The highest BCUT2D eigenvalue weighted by atomic mass is 32.9. The zero-order valence-electron chi connectivity index (χ0n) is 14.9. The van der Waals surface area contributed by atoms with Crippen LogP contribution in [0.25, 0.3) is 0 Å². The monoisotopic (exact) mass is 396 g/mol. The molecule has 4 nitrogen and oxygen atoms in total. The summed E-state index contributed by atoms with van der Waals surface area (Å²) in [6, 6.07) is 0. The Balaban J connectivity index is 1.84. The first kappa shape index (κ1) is 22.4. The molecule has 0 spiro atoms. The number of carbonyl (C=O) groups excluding carboxylic acids is 1. The summed E-state index contributed by atoms with van der Waals surface area (Å²) in [6.07, 6.45) is 14.2. The summed E-state index contributed by atoms with van der Waals surface area (Å²) in [5, 5.41) is 0. The minimum Gasteiger partial charge on any atom is -0.463 e. The number of esters is 1. The van der Waals surface area contributed by atoms with Crippen LogP contribution in [0, 0.1) is 0 Å². The molecule has 2 atom stereocenters. The molecule has 1 unspecified atom stereocenters. The first-order chi connectivity index (χ1) is 11.5. The second kappa shape index (κ2) is 13.6. The van der Waals surface area contributed by atoms with Crippen molar-refractivity contribution in [2.75, 3.05) is 13.2 Å². The minimum absolute atomic E-state index is 0.158. The van der Waals surface area contributed by atoms with Gasteiger partial charge in [0.1, 0.15) is 12.7 Å². The van der Waals surface area contributed by atoms with Gasteiger partial charge in [0.2, 0.25) is 5.69 Å². The summed E-state index contributed by atoms with van der Waals surface area (Å²) in [5.74, 6) is -0.158. The van der Waals surface area contributed by atoms with Crippen LogP contribution >= 0.6 is 17.9 Å². The lowest BCUT2D eigenvalue weighted by Gasteiger charge is -2.10. The molecule has 0 aromatic rings. The zero-order chi connectivity index (χ0) is 17.7. The largest absolute Gasteiger partial charge is 0.463 e. The van der Waals surface area contributed by atoms with E-state index >= 15 is 0 Å². The predicted molar refractivity (Wildman–Crippen MR) is 106 cm³/mol. The Morgan fingerprint density at radius 3 is 2.12 bits per heavy atom. The highest BCUT2D eigenvalue weighted by Crippen LogP contribution is 2.58. The summed E-state index contributed by atoms with van der Waals surface area (Å²) in [7, 11) is 0. The summed E-state index contributed by atoms with van der Waals surface area (Å²) < 4.78 is 15.8. The van der Waals surface area contributed by atoms with Crippen molar-refractivity contribution < 1.29 is 18.6 Å². The second-order valence-corrected chi connectivity index (χ2v) is 11.7. The van der Waals surface area contributed by atoms with Gasteiger partial charge in [0, 0.05) is 6.42 Å². The van der Waals surface area contributed by atoms with E-state index < -0.39 is 5.69 Å². The van der Waals surface area contributed by atoms with Crippen LogP contribution in [0.5, 0.6) is 0 Å². The molecule has 1 fully saturated rings. The summed E-state index contributed by atoms with van der Waals surface area (Å²) in [6.45, 7) is 2.84. The average molecular weight is 397 g/mol. The molecule has 0 aromatic carbocycles.